The lowest BCUT2D eigenvalue weighted by Gasteiger charge is -2.09. The number of carbonyl (C=O) groups excluding carboxylic acids is 1. The molecule has 5 nitrogen and oxygen atoms in total. The molecule has 0 aromatic heterocycles. The predicted molar refractivity (Wildman–Crippen MR) is 132 cm³/mol. The number of aliphatic imine (C=N–C) groups is 2. The molecule has 0 bridgehead atoms. The van der Waals surface area contributed by atoms with Crippen molar-refractivity contribution in [2.45, 2.75) is 40.5 Å². The number of carbonyl (C=O) groups is 1. The molecule has 1 aliphatic heterocycles. The summed E-state index contributed by atoms with van der Waals surface area (Å²) in [6, 6.07) is 12.1. The van der Waals surface area contributed by atoms with Crippen molar-refractivity contribution in [3.8, 4) is 5.75 Å². The van der Waals surface area contributed by atoms with Gasteiger partial charge in [-0.2, -0.15) is 0 Å². The Labute approximate surface area is 189 Å². The van der Waals surface area contributed by atoms with E-state index in [0.29, 0.717) is 24.6 Å². The smallest absolute Gasteiger partial charge is 0.230 e. The number of methoxy groups -OCH3 is 1. The van der Waals surface area contributed by atoms with Gasteiger partial charge in [-0.3, -0.25) is 9.79 Å². The maximum absolute atomic E-state index is 12.3. The van der Waals surface area contributed by atoms with Crippen molar-refractivity contribution in [2.75, 3.05) is 19.4 Å². The number of aryl methyl sites for hydroxylation is 2. The lowest BCUT2D eigenvalue weighted by Crippen LogP contribution is -2.27. The molecule has 0 aliphatic carbocycles. The number of hydrogen-bond donors (Lipinski definition) is 1. The number of amides is 1. The Morgan fingerprint density at radius 3 is 2.35 bits per heavy atom. The number of nitrogens with one attached hydrogen (secondary N) is 1. The summed E-state index contributed by atoms with van der Waals surface area (Å²) >= 11 is 1.49. The average Bonchev–Trinajstić information content (AvgIpc) is 2.91. The highest BCUT2D eigenvalue weighted by molar-refractivity contribution is 8.14. The molecule has 0 fully saturated rings. The fourth-order valence-corrected chi connectivity index (χ4v) is 4.00. The summed E-state index contributed by atoms with van der Waals surface area (Å²) in [6.45, 7) is 9.19. The van der Waals surface area contributed by atoms with Gasteiger partial charge in [0.05, 0.1) is 35.0 Å². The summed E-state index contributed by atoms with van der Waals surface area (Å²) in [4.78, 5) is 22.1. The summed E-state index contributed by atoms with van der Waals surface area (Å²) in [6.07, 6.45) is 1.57. The van der Waals surface area contributed by atoms with E-state index in [2.05, 4.69) is 45.1 Å². The molecule has 1 N–H and O–H groups in total. The van der Waals surface area contributed by atoms with Gasteiger partial charge in [0.2, 0.25) is 5.91 Å². The van der Waals surface area contributed by atoms with Crippen LogP contribution >= 0.6 is 11.8 Å². The Morgan fingerprint density at radius 1 is 1.10 bits per heavy atom. The SMILES string of the molecule is COc1ccc(C2=Nc3cc(C)c(C)cc3N=C(SCC(=O)NCCC(C)C)C2)cc1. The molecule has 2 aromatic rings. The molecule has 6 heteroatoms. The third kappa shape index (κ3) is 6.44. The van der Waals surface area contributed by atoms with E-state index in [0.717, 1.165) is 39.9 Å². The fourth-order valence-electron chi connectivity index (χ4n) is 3.20. The van der Waals surface area contributed by atoms with Crippen LogP contribution in [0.25, 0.3) is 0 Å². The van der Waals surface area contributed by atoms with E-state index >= 15 is 0 Å². The van der Waals surface area contributed by atoms with Crippen LogP contribution < -0.4 is 10.1 Å². The van der Waals surface area contributed by atoms with Gasteiger partial charge in [0, 0.05) is 13.0 Å². The standard InChI is InChI=1S/C25H31N3O2S/c1-16(2)10-11-26-24(29)15-31-25-14-21(19-6-8-20(30-5)9-7-19)27-22-12-17(3)18(4)13-23(22)28-25/h6-9,12-13,16H,10-11,14-15H2,1-5H3,(H,26,29). The van der Waals surface area contributed by atoms with Gasteiger partial charge >= 0.3 is 0 Å². The third-order valence-corrected chi connectivity index (χ3v) is 6.22. The number of fused-ring (bicyclic) bond motifs is 1. The van der Waals surface area contributed by atoms with Crippen molar-refractivity contribution >= 4 is 39.8 Å². The number of ether oxygens (including phenoxy) is 1. The molecule has 0 spiro atoms. The monoisotopic (exact) mass is 437 g/mol. The summed E-state index contributed by atoms with van der Waals surface area (Å²) in [5.74, 6) is 1.78. The topological polar surface area (TPSA) is 63.1 Å². The van der Waals surface area contributed by atoms with Gasteiger partial charge in [-0.15, -0.1) is 11.8 Å². The van der Waals surface area contributed by atoms with Crippen LogP contribution in [0.15, 0.2) is 46.4 Å². The van der Waals surface area contributed by atoms with E-state index in [4.69, 9.17) is 14.7 Å². The number of benzene rings is 2. The normalized spacial score (nSPS) is 13.2. The molecule has 1 aliphatic rings. The van der Waals surface area contributed by atoms with Gasteiger partial charge in [0.1, 0.15) is 5.75 Å². The van der Waals surface area contributed by atoms with Gasteiger partial charge in [-0.25, -0.2) is 4.99 Å². The van der Waals surface area contributed by atoms with E-state index in [1.54, 1.807) is 7.11 Å². The number of nitrogens with zero attached hydrogens (tertiary/aromatic N) is 2. The first-order valence-electron chi connectivity index (χ1n) is 10.7. The van der Waals surface area contributed by atoms with Gasteiger partial charge in [-0.05, 0) is 79.3 Å². The molecule has 0 unspecified atom stereocenters. The maximum atomic E-state index is 12.3. The summed E-state index contributed by atoms with van der Waals surface area (Å²) in [7, 11) is 1.66. The van der Waals surface area contributed by atoms with Crippen molar-refractivity contribution in [1.29, 1.82) is 0 Å². The zero-order valence-corrected chi connectivity index (χ0v) is 19.8. The Kier molecular flexibility index (Phi) is 7.91. The molecule has 3 rings (SSSR count). The van der Waals surface area contributed by atoms with Gasteiger partial charge in [-0.1, -0.05) is 13.8 Å². The van der Waals surface area contributed by atoms with Crippen LogP contribution in [0.3, 0.4) is 0 Å². The van der Waals surface area contributed by atoms with Crippen molar-refractivity contribution < 1.29 is 9.53 Å². The second kappa shape index (κ2) is 10.6. The van der Waals surface area contributed by atoms with E-state index in [9.17, 15) is 4.79 Å². The summed E-state index contributed by atoms with van der Waals surface area (Å²) in [5, 5.41) is 3.90. The number of rotatable bonds is 7. The second-order valence-electron chi connectivity index (χ2n) is 8.22. The van der Waals surface area contributed by atoms with Gasteiger partial charge in [0.25, 0.3) is 0 Å². The lowest BCUT2D eigenvalue weighted by atomic mass is 10.1. The molecule has 1 heterocycles. The molecular weight excluding hydrogens is 406 g/mol. The minimum absolute atomic E-state index is 0.0424. The molecule has 0 atom stereocenters. The zero-order valence-electron chi connectivity index (χ0n) is 19.0. The second-order valence-corrected chi connectivity index (χ2v) is 9.26. The van der Waals surface area contributed by atoms with Crippen LogP contribution in [0.1, 0.15) is 43.4 Å². The fraction of sp³-hybridized carbons (Fsp3) is 0.400. The van der Waals surface area contributed by atoms with Gasteiger partial charge in [0.15, 0.2) is 0 Å². The Balaban J connectivity index is 1.83. The highest BCUT2D eigenvalue weighted by Gasteiger charge is 2.17. The number of thioether (sulfide) groups is 1. The molecular formula is C25H31N3O2S. The highest BCUT2D eigenvalue weighted by atomic mass is 32.2. The Morgan fingerprint density at radius 2 is 1.74 bits per heavy atom. The predicted octanol–water partition coefficient (Wildman–Crippen LogP) is 5.76. The molecule has 0 saturated carbocycles. The van der Waals surface area contributed by atoms with E-state index in [1.165, 1.54) is 22.9 Å². The largest absolute Gasteiger partial charge is 0.497 e. The van der Waals surface area contributed by atoms with Crippen LogP contribution in [0, 0.1) is 19.8 Å². The van der Waals surface area contributed by atoms with Crippen LogP contribution in [0.4, 0.5) is 11.4 Å². The third-order valence-electron chi connectivity index (χ3n) is 5.25. The van der Waals surface area contributed by atoms with Crippen LogP contribution in [-0.2, 0) is 4.79 Å². The summed E-state index contributed by atoms with van der Waals surface area (Å²) in [5.41, 5.74) is 6.06. The average molecular weight is 438 g/mol. The van der Waals surface area contributed by atoms with Crippen LogP contribution in [0.2, 0.25) is 0 Å². The molecule has 164 valence electrons. The van der Waals surface area contributed by atoms with Crippen molar-refractivity contribution in [2.24, 2.45) is 15.9 Å². The lowest BCUT2D eigenvalue weighted by molar-refractivity contribution is -0.118. The summed E-state index contributed by atoms with van der Waals surface area (Å²) < 4.78 is 5.29. The highest BCUT2D eigenvalue weighted by Crippen LogP contribution is 2.36. The molecule has 2 aromatic carbocycles. The van der Waals surface area contributed by atoms with Crippen LogP contribution in [-0.4, -0.2) is 36.1 Å². The first-order valence-corrected chi connectivity index (χ1v) is 11.6. The molecule has 1 amide bonds. The minimum Gasteiger partial charge on any atom is -0.497 e. The Bertz CT molecular complexity index is 995. The van der Waals surface area contributed by atoms with Crippen molar-refractivity contribution in [1.82, 2.24) is 5.32 Å². The maximum Gasteiger partial charge on any atom is 0.230 e. The zero-order chi connectivity index (χ0) is 22.4. The first-order chi connectivity index (χ1) is 14.9. The van der Waals surface area contributed by atoms with E-state index in [1.807, 2.05) is 24.3 Å². The molecule has 0 saturated heterocycles. The molecule has 31 heavy (non-hydrogen) atoms. The van der Waals surface area contributed by atoms with Crippen molar-refractivity contribution in [3.05, 3.63) is 53.1 Å². The van der Waals surface area contributed by atoms with Crippen molar-refractivity contribution in [3.63, 3.8) is 0 Å². The minimum atomic E-state index is 0.0424. The van der Waals surface area contributed by atoms with E-state index in [-0.39, 0.29) is 5.91 Å². The quantitative estimate of drug-likeness (QED) is 0.599. The first kappa shape index (κ1) is 23.1. The van der Waals surface area contributed by atoms with Gasteiger partial charge < -0.3 is 10.1 Å². The number of hydrogen-bond acceptors (Lipinski definition) is 5. The Hall–Kier alpha value is -2.60. The van der Waals surface area contributed by atoms with Crippen LogP contribution in [0.5, 0.6) is 5.75 Å². The molecule has 0 radical (unpaired) electrons. The van der Waals surface area contributed by atoms with E-state index < -0.39 is 0 Å².